The van der Waals surface area contributed by atoms with E-state index in [0.29, 0.717) is 0 Å². The van der Waals surface area contributed by atoms with E-state index in [4.69, 9.17) is 0 Å². The third-order valence-electron chi connectivity index (χ3n) is 0.659. The molecule has 3 heteroatoms. The summed E-state index contributed by atoms with van der Waals surface area (Å²) in [4.78, 5) is 19.7. The lowest BCUT2D eigenvalue weighted by Gasteiger charge is -1.90. The second-order valence-electron chi connectivity index (χ2n) is 1.22. The molecule has 0 spiro atoms. The number of methoxy groups -OCH3 is 1. The highest BCUT2D eigenvalue weighted by molar-refractivity contribution is 5.72. The quantitative estimate of drug-likeness (QED) is 0.488. The Morgan fingerprint density at radius 1 is 1.75 bits per heavy atom. The minimum Gasteiger partial charge on any atom is -0.469 e. The first-order valence-corrected chi connectivity index (χ1v) is 2.23. The summed E-state index contributed by atoms with van der Waals surface area (Å²) in [7, 11) is 1.28. The fourth-order valence-corrected chi connectivity index (χ4v) is 0.255. The Balaban J connectivity index is 3.11. The number of hydrogen-bond donors (Lipinski definition) is 0. The van der Waals surface area contributed by atoms with Gasteiger partial charge in [-0.1, -0.05) is 0 Å². The Morgan fingerprint density at radius 2 is 2.38 bits per heavy atom. The topological polar surface area (TPSA) is 43.4 Å². The van der Waals surface area contributed by atoms with Crippen LogP contribution in [0.15, 0.2) is 0 Å². The van der Waals surface area contributed by atoms with Crippen LogP contribution >= 0.6 is 0 Å². The van der Waals surface area contributed by atoms with Crippen LogP contribution in [0.5, 0.6) is 0 Å². The highest BCUT2D eigenvalue weighted by atomic mass is 16.5. The van der Waals surface area contributed by atoms with E-state index in [-0.39, 0.29) is 18.8 Å². The van der Waals surface area contributed by atoms with Crippen LogP contribution < -0.4 is 0 Å². The Bertz CT molecular complexity index is 87.7. The molecule has 0 aromatic rings. The molecule has 0 aromatic heterocycles. The Kier molecular flexibility index (Phi) is 3.84. The van der Waals surface area contributed by atoms with E-state index < -0.39 is 0 Å². The van der Waals surface area contributed by atoms with Crippen LogP contribution in [0.25, 0.3) is 0 Å². The molecule has 0 unspecified atom stereocenters. The Morgan fingerprint density at radius 3 is 2.75 bits per heavy atom. The fourth-order valence-electron chi connectivity index (χ4n) is 0.255. The molecule has 45 valence electrons. The van der Waals surface area contributed by atoms with Crippen molar-refractivity contribution in [3.8, 4) is 0 Å². The zero-order valence-corrected chi connectivity index (χ0v) is 4.64. The summed E-state index contributed by atoms with van der Waals surface area (Å²) in [6, 6.07) is 0. The lowest BCUT2D eigenvalue weighted by molar-refractivity contribution is -0.140. The molecule has 0 N–H and O–H groups in total. The molecule has 0 aromatic carbocycles. The van der Waals surface area contributed by atoms with Crippen molar-refractivity contribution in [2.45, 2.75) is 12.8 Å². The van der Waals surface area contributed by atoms with Crippen molar-refractivity contribution in [3.05, 3.63) is 0 Å². The highest BCUT2D eigenvalue weighted by Crippen LogP contribution is 1.85. The van der Waals surface area contributed by atoms with E-state index in [9.17, 15) is 9.59 Å². The number of carbonyl (C=O) groups excluding carboxylic acids is 2. The molecule has 0 heterocycles. The van der Waals surface area contributed by atoms with E-state index in [1.54, 1.807) is 6.29 Å². The lowest BCUT2D eigenvalue weighted by atomic mass is 10.3. The van der Waals surface area contributed by atoms with Crippen LogP contribution in [0, 0.1) is 0 Å². The predicted molar refractivity (Wildman–Crippen MR) is 26.9 cm³/mol. The number of carbonyl (C=O) groups is 1. The van der Waals surface area contributed by atoms with E-state index in [0.717, 1.165) is 0 Å². The molecule has 0 fully saturated rings. The first kappa shape index (κ1) is 7.14. The number of rotatable bonds is 3. The van der Waals surface area contributed by atoms with Crippen LogP contribution in [0.1, 0.15) is 12.8 Å². The molecule has 3 nitrogen and oxygen atoms in total. The Labute approximate surface area is 47.6 Å². The van der Waals surface area contributed by atoms with E-state index >= 15 is 0 Å². The van der Waals surface area contributed by atoms with Gasteiger partial charge in [-0.15, -0.1) is 0 Å². The van der Waals surface area contributed by atoms with Gasteiger partial charge in [0.05, 0.1) is 13.5 Å². The molecule has 1 radical (unpaired) electrons. The SMILES string of the molecule is COC(=O)CC[C]=O. The number of ether oxygens (including phenoxy) is 1. The third-order valence-corrected chi connectivity index (χ3v) is 0.659. The van der Waals surface area contributed by atoms with Gasteiger partial charge in [0, 0.05) is 6.42 Å². The Hall–Kier alpha value is -0.860. The van der Waals surface area contributed by atoms with Crippen molar-refractivity contribution in [1.29, 1.82) is 0 Å². The van der Waals surface area contributed by atoms with Gasteiger partial charge in [-0.3, -0.25) is 9.59 Å². The summed E-state index contributed by atoms with van der Waals surface area (Å²) < 4.78 is 4.23. The molecule has 0 atom stereocenters. The van der Waals surface area contributed by atoms with E-state index in [1.807, 2.05) is 0 Å². The summed E-state index contributed by atoms with van der Waals surface area (Å²) in [6.45, 7) is 0. The fraction of sp³-hybridized carbons (Fsp3) is 0.600. The van der Waals surface area contributed by atoms with Gasteiger partial charge in [0.25, 0.3) is 0 Å². The van der Waals surface area contributed by atoms with E-state index in [1.165, 1.54) is 7.11 Å². The van der Waals surface area contributed by atoms with Crippen molar-refractivity contribution in [1.82, 2.24) is 0 Å². The average molecular weight is 115 g/mol. The second-order valence-corrected chi connectivity index (χ2v) is 1.22. The molecule has 0 rings (SSSR count). The normalized spacial score (nSPS) is 8.12. The summed E-state index contributed by atoms with van der Waals surface area (Å²) >= 11 is 0. The van der Waals surface area contributed by atoms with Gasteiger partial charge in [-0.2, -0.15) is 0 Å². The van der Waals surface area contributed by atoms with Gasteiger partial charge in [-0.05, 0) is 0 Å². The van der Waals surface area contributed by atoms with Gasteiger partial charge in [0.15, 0.2) is 6.29 Å². The summed E-state index contributed by atoms with van der Waals surface area (Å²) in [6.07, 6.45) is 1.85. The molecular weight excluding hydrogens is 108 g/mol. The van der Waals surface area contributed by atoms with Crippen molar-refractivity contribution >= 4 is 12.3 Å². The van der Waals surface area contributed by atoms with Crippen LogP contribution in [0.3, 0.4) is 0 Å². The molecule has 0 saturated carbocycles. The summed E-state index contributed by atoms with van der Waals surface area (Å²) in [5.41, 5.74) is 0. The van der Waals surface area contributed by atoms with Crippen molar-refractivity contribution in [2.75, 3.05) is 7.11 Å². The maximum Gasteiger partial charge on any atom is 0.305 e. The van der Waals surface area contributed by atoms with Gasteiger partial charge in [-0.25, -0.2) is 0 Å². The largest absolute Gasteiger partial charge is 0.469 e. The van der Waals surface area contributed by atoms with Crippen molar-refractivity contribution in [2.24, 2.45) is 0 Å². The zero-order chi connectivity index (χ0) is 6.41. The maximum absolute atomic E-state index is 10.2. The van der Waals surface area contributed by atoms with Crippen LogP contribution in [-0.4, -0.2) is 19.4 Å². The molecule has 0 aliphatic rings. The van der Waals surface area contributed by atoms with Gasteiger partial charge >= 0.3 is 5.97 Å². The third kappa shape index (κ3) is 3.33. The zero-order valence-electron chi connectivity index (χ0n) is 4.64. The smallest absolute Gasteiger partial charge is 0.305 e. The maximum atomic E-state index is 10.2. The van der Waals surface area contributed by atoms with Gasteiger partial charge < -0.3 is 4.74 Å². The molecule has 0 aliphatic heterocycles. The first-order valence-electron chi connectivity index (χ1n) is 2.23. The first-order chi connectivity index (χ1) is 3.81. The minimum absolute atomic E-state index is 0.132. The van der Waals surface area contributed by atoms with Crippen LogP contribution in [-0.2, 0) is 14.3 Å². The standard InChI is InChI=1S/C5H7O3/c1-8-5(7)3-2-4-6/h2-3H2,1H3. The van der Waals surface area contributed by atoms with Crippen molar-refractivity contribution in [3.63, 3.8) is 0 Å². The average Bonchev–Trinajstić information content (AvgIpc) is 1.83. The molecular formula is C5H7O3. The minimum atomic E-state index is -0.367. The van der Waals surface area contributed by atoms with Crippen molar-refractivity contribution < 1.29 is 14.3 Å². The van der Waals surface area contributed by atoms with Gasteiger partial charge in [0.1, 0.15) is 0 Å². The molecule has 0 amide bonds. The monoisotopic (exact) mass is 115 g/mol. The molecule has 0 aliphatic carbocycles. The molecule has 8 heavy (non-hydrogen) atoms. The second kappa shape index (κ2) is 4.30. The van der Waals surface area contributed by atoms with Crippen LogP contribution in [0.2, 0.25) is 0 Å². The highest BCUT2D eigenvalue weighted by Gasteiger charge is 1.96. The molecule has 0 saturated heterocycles. The van der Waals surface area contributed by atoms with Gasteiger partial charge in [0.2, 0.25) is 0 Å². The summed E-state index contributed by atoms with van der Waals surface area (Å²) in [5, 5.41) is 0. The number of hydrogen-bond acceptors (Lipinski definition) is 3. The summed E-state index contributed by atoms with van der Waals surface area (Å²) in [5.74, 6) is -0.367. The predicted octanol–water partition coefficient (Wildman–Crippen LogP) is 0.0493. The molecule has 0 bridgehead atoms. The van der Waals surface area contributed by atoms with E-state index in [2.05, 4.69) is 4.74 Å². The lowest BCUT2D eigenvalue weighted by Crippen LogP contribution is -1.98. The van der Waals surface area contributed by atoms with Crippen LogP contribution in [0.4, 0.5) is 0 Å². The number of esters is 1.